The summed E-state index contributed by atoms with van der Waals surface area (Å²) in [6.45, 7) is 3.76. The minimum absolute atomic E-state index is 0.0463. The number of hydrogen-bond donors (Lipinski definition) is 5. The molecule has 2 rings (SSSR count). The van der Waals surface area contributed by atoms with Crippen LogP contribution in [-0.2, 0) is 25.6 Å². The number of carbonyl (C=O) groups is 4. The standard InChI is InChI=1S/C36H55N5O5/c1-2-3-4-5-6-7-8-9-10-14-26-38-33(43)18-15-28-46-31-21-19-30(20-22-31)40-35(41-34(44)24-23-32(37)42)36(45)39-27-25-29-16-12-11-13-17-29/h11-13,16-17,19-22,35,40H,2-10,14-15,18,23-28H2,1H3,(H2,37,42)(H,38,43)(H,39,45)(H,41,44). The Morgan fingerprint density at radius 1 is 0.696 bits per heavy atom. The highest BCUT2D eigenvalue weighted by atomic mass is 16.5. The van der Waals surface area contributed by atoms with Gasteiger partial charge in [0, 0.05) is 38.0 Å². The zero-order valence-corrected chi connectivity index (χ0v) is 27.6. The maximum absolute atomic E-state index is 12.9. The second kappa shape index (κ2) is 24.2. The molecule has 46 heavy (non-hydrogen) atoms. The van der Waals surface area contributed by atoms with Crippen LogP contribution in [0.3, 0.4) is 0 Å². The summed E-state index contributed by atoms with van der Waals surface area (Å²) in [5.41, 5.74) is 6.83. The zero-order chi connectivity index (χ0) is 33.2. The van der Waals surface area contributed by atoms with E-state index in [-0.39, 0.29) is 18.7 Å². The molecule has 10 nitrogen and oxygen atoms in total. The van der Waals surface area contributed by atoms with E-state index in [0.717, 1.165) is 24.9 Å². The molecule has 2 aromatic rings. The number of carbonyl (C=O) groups excluding carboxylic acids is 4. The van der Waals surface area contributed by atoms with Crippen LogP contribution < -0.4 is 31.7 Å². The van der Waals surface area contributed by atoms with Gasteiger partial charge in [0.15, 0.2) is 6.17 Å². The molecule has 0 heterocycles. The van der Waals surface area contributed by atoms with Gasteiger partial charge in [0.05, 0.1) is 6.61 Å². The summed E-state index contributed by atoms with van der Waals surface area (Å²) in [6, 6.07) is 16.8. The highest BCUT2D eigenvalue weighted by molar-refractivity contribution is 5.90. The van der Waals surface area contributed by atoms with E-state index < -0.39 is 23.9 Å². The van der Waals surface area contributed by atoms with Gasteiger partial charge in [-0.3, -0.25) is 19.2 Å². The number of primary amides is 1. The third kappa shape index (κ3) is 18.7. The number of rotatable bonds is 26. The molecular weight excluding hydrogens is 582 g/mol. The summed E-state index contributed by atoms with van der Waals surface area (Å²) >= 11 is 0. The summed E-state index contributed by atoms with van der Waals surface area (Å²) in [4.78, 5) is 48.5. The quantitative estimate of drug-likeness (QED) is 0.0692. The minimum Gasteiger partial charge on any atom is -0.494 e. The molecule has 1 unspecified atom stereocenters. The zero-order valence-electron chi connectivity index (χ0n) is 27.6. The van der Waals surface area contributed by atoms with Gasteiger partial charge in [-0.05, 0) is 49.1 Å². The van der Waals surface area contributed by atoms with Crippen molar-refractivity contribution in [2.24, 2.45) is 5.73 Å². The second-order valence-corrected chi connectivity index (χ2v) is 11.6. The van der Waals surface area contributed by atoms with Crippen LogP contribution >= 0.6 is 0 Å². The number of nitrogens with two attached hydrogens (primary N) is 1. The van der Waals surface area contributed by atoms with E-state index in [1.807, 2.05) is 30.3 Å². The topological polar surface area (TPSA) is 152 Å². The molecule has 0 saturated carbocycles. The molecule has 0 radical (unpaired) electrons. The van der Waals surface area contributed by atoms with E-state index in [9.17, 15) is 19.2 Å². The maximum atomic E-state index is 12.9. The highest BCUT2D eigenvalue weighted by Crippen LogP contribution is 2.17. The number of anilines is 1. The van der Waals surface area contributed by atoms with Gasteiger partial charge < -0.3 is 31.7 Å². The fourth-order valence-corrected chi connectivity index (χ4v) is 4.88. The van der Waals surface area contributed by atoms with Crippen molar-refractivity contribution in [1.82, 2.24) is 16.0 Å². The van der Waals surface area contributed by atoms with Gasteiger partial charge in [0.1, 0.15) is 5.75 Å². The number of ether oxygens (including phenoxy) is 1. The average molecular weight is 638 g/mol. The molecule has 0 aromatic heterocycles. The first-order valence-corrected chi connectivity index (χ1v) is 17.0. The van der Waals surface area contributed by atoms with Gasteiger partial charge in [-0.2, -0.15) is 0 Å². The van der Waals surface area contributed by atoms with E-state index in [1.165, 1.54) is 51.4 Å². The van der Waals surface area contributed by atoms with E-state index in [1.54, 1.807) is 24.3 Å². The molecule has 0 spiro atoms. The molecule has 0 aliphatic carbocycles. The molecule has 6 N–H and O–H groups in total. The number of benzene rings is 2. The van der Waals surface area contributed by atoms with Gasteiger partial charge in [-0.15, -0.1) is 0 Å². The molecule has 2 aromatic carbocycles. The number of hydrogen-bond acceptors (Lipinski definition) is 6. The number of amides is 4. The molecular formula is C36H55N5O5. The van der Waals surface area contributed by atoms with Crippen molar-refractivity contribution in [3.8, 4) is 5.75 Å². The monoisotopic (exact) mass is 637 g/mol. The van der Waals surface area contributed by atoms with Crippen LogP contribution in [0.25, 0.3) is 0 Å². The molecule has 0 saturated heterocycles. The Morgan fingerprint density at radius 3 is 2.00 bits per heavy atom. The van der Waals surface area contributed by atoms with Crippen LogP contribution in [0, 0.1) is 0 Å². The van der Waals surface area contributed by atoms with Crippen molar-refractivity contribution < 1.29 is 23.9 Å². The smallest absolute Gasteiger partial charge is 0.263 e. The van der Waals surface area contributed by atoms with E-state index in [0.29, 0.717) is 43.9 Å². The molecule has 0 fully saturated rings. The fraction of sp³-hybridized carbons (Fsp3) is 0.556. The summed E-state index contributed by atoms with van der Waals surface area (Å²) in [5, 5.41) is 11.5. The van der Waals surface area contributed by atoms with Crippen LogP contribution in [0.15, 0.2) is 54.6 Å². The van der Waals surface area contributed by atoms with Gasteiger partial charge in [0.2, 0.25) is 17.7 Å². The van der Waals surface area contributed by atoms with Crippen LogP contribution in [0.2, 0.25) is 0 Å². The first-order valence-electron chi connectivity index (χ1n) is 17.0. The Hall–Kier alpha value is -4.08. The molecule has 254 valence electrons. The number of unbranched alkanes of at least 4 members (excludes halogenated alkanes) is 9. The van der Waals surface area contributed by atoms with Crippen LogP contribution in [0.5, 0.6) is 5.75 Å². The van der Waals surface area contributed by atoms with E-state index in [4.69, 9.17) is 10.5 Å². The summed E-state index contributed by atoms with van der Waals surface area (Å²) in [7, 11) is 0. The van der Waals surface area contributed by atoms with Crippen molar-refractivity contribution in [2.75, 3.05) is 25.0 Å². The number of nitrogens with one attached hydrogen (secondary N) is 4. The molecule has 0 bridgehead atoms. The highest BCUT2D eigenvalue weighted by Gasteiger charge is 2.21. The summed E-state index contributed by atoms with van der Waals surface area (Å²) < 4.78 is 5.79. The van der Waals surface area contributed by atoms with Gasteiger partial charge in [-0.1, -0.05) is 95.0 Å². The minimum atomic E-state index is -1.05. The average Bonchev–Trinajstić information content (AvgIpc) is 3.05. The SMILES string of the molecule is CCCCCCCCCCCCNC(=O)CCCOc1ccc(NC(NC(=O)CCC(N)=O)C(=O)NCCc2ccccc2)cc1. The van der Waals surface area contributed by atoms with Crippen molar-refractivity contribution in [1.29, 1.82) is 0 Å². The van der Waals surface area contributed by atoms with Gasteiger partial charge >= 0.3 is 0 Å². The van der Waals surface area contributed by atoms with E-state index >= 15 is 0 Å². The van der Waals surface area contributed by atoms with Gasteiger partial charge in [-0.25, -0.2) is 0 Å². The fourth-order valence-electron chi connectivity index (χ4n) is 4.88. The lowest BCUT2D eigenvalue weighted by Gasteiger charge is -2.21. The lowest BCUT2D eigenvalue weighted by molar-refractivity contribution is -0.129. The third-order valence-corrected chi connectivity index (χ3v) is 7.56. The lowest BCUT2D eigenvalue weighted by atomic mass is 10.1. The second-order valence-electron chi connectivity index (χ2n) is 11.6. The van der Waals surface area contributed by atoms with E-state index in [2.05, 4.69) is 28.2 Å². The van der Waals surface area contributed by atoms with Crippen molar-refractivity contribution in [3.63, 3.8) is 0 Å². The Kier molecular flexibility index (Phi) is 20.0. The third-order valence-electron chi connectivity index (χ3n) is 7.56. The molecule has 10 heteroatoms. The van der Waals surface area contributed by atoms with Crippen molar-refractivity contribution in [3.05, 3.63) is 60.2 Å². The Labute approximate surface area is 275 Å². The van der Waals surface area contributed by atoms with Crippen molar-refractivity contribution in [2.45, 2.75) is 109 Å². The first-order chi connectivity index (χ1) is 22.4. The van der Waals surface area contributed by atoms with Crippen LogP contribution in [0.4, 0.5) is 5.69 Å². The van der Waals surface area contributed by atoms with Crippen LogP contribution in [-0.4, -0.2) is 49.5 Å². The Morgan fingerprint density at radius 2 is 1.35 bits per heavy atom. The molecule has 0 aliphatic heterocycles. The summed E-state index contributed by atoms with van der Waals surface area (Å²) in [5.74, 6) is -0.791. The lowest BCUT2D eigenvalue weighted by Crippen LogP contribution is -2.51. The normalized spacial score (nSPS) is 11.3. The maximum Gasteiger partial charge on any atom is 0.263 e. The Bertz CT molecular complexity index is 1140. The first kappa shape index (κ1) is 38.1. The predicted molar refractivity (Wildman–Crippen MR) is 183 cm³/mol. The van der Waals surface area contributed by atoms with Crippen molar-refractivity contribution >= 4 is 29.3 Å². The largest absolute Gasteiger partial charge is 0.494 e. The predicted octanol–water partition coefficient (Wildman–Crippen LogP) is 5.36. The molecule has 4 amide bonds. The van der Waals surface area contributed by atoms with Gasteiger partial charge in [0.25, 0.3) is 5.91 Å². The van der Waals surface area contributed by atoms with Crippen LogP contribution in [0.1, 0.15) is 102 Å². The molecule has 1 atom stereocenters. The molecule has 0 aliphatic rings. The summed E-state index contributed by atoms with van der Waals surface area (Å²) in [6.07, 6.45) is 13.1. The Balaban J connectivity index is 1.67.